The van der Waals surface area contributed by atoms with Crippen LogP contribution in [0.5, 0.6) is 5.75 Å². The molecule has 5 heteroatoms. The fourth-order valence-corrected chi connectivity index (χ4v) is 2.17. The lowest BCUT2D eigenvalue weighted by atomic mass is 10.1. The van der Waals surface area contributed by atoms with Crippen molar-refractivity contribution in [3.05, 3.63) is 22.7 Å². The van der Waals surface area contributed by atoms with E-state index in [2.05, 4.69) is 15.9 Å². The molecule has 0 aliphatic rings. The number of benzene rings is 1. The molecule has 0 saturated heterocycles. The zero-order chi connectivity index (χ0) is 12.8. The van der Waals surface area contributed by atoms with Crippen LogP contribution in [0.25, 0.3) is 0 Å². The van der Waals surface area contributed by atoms with E-state index in [1.165, 1.54) is 0 Å². The molecule has 0 heterocycles. The van der Waals surface area contributed by atoms with Crippen LogP contribution in [0.2, 0.25) is 0 Å². The summed E-state index contributed by atoms with van der Waals surface area (Å²) in [4.78, 5) is 1.94. The third-order valence-electron chi connectivity index (χ3n) is 2.76. The van der Waals surface area contributed by atoms with E-state index < -0.39 is 0 Å². The maximum absolute atomic E-state index is 9.27. The van der Waals surface area contributed by atoms with Gasteiger partial charge in [-0.15, -0.1) is 0 Å². The molecule has 4 nitrogen and oxygen atoms in total. The first-order valence-electron chi connectivity index (χ1n) is 5.42. The van der Waals surface area contributed by atoms with Crippen LogP contribution in [0.3, 0.4) is 0 Å². The molecule has 0 aliphatic heterocycles. The Morgan fingerprint density at radius 3 is 2.59 bits per heavy atom. The van der Waals surface area contributed by atoms with Gasteiger partial charge in [0.2, 0.25) is 0 Å². The Kier molecular flexibility index (Phi) is 5.74. The molecule has 0 spiro atoms. The van der Waals surface area contributed by atoms with Crippen LogP contribution in [-0.4, -0.2) is 43.6 Å². The molecule has 2 N–H and O–H groups in total. The summed E-state index contributed by atoms with van der Waals surface area (Å²) in [7, 11) is 3.51. The minimum absolute atomic E-state index is 0.0146. The van der Waals surface area contributed by atoms with Crippen molar-refractivity contribution in [1.29, 1.82) is 0 Å². The van der Waals surface area contributed by atoms with Crippen LogP contribution in [0.4, 0.5) is 5.69 Å². The number of likely N-dealkylation sites (N-methyl/N-ethyl adjacent to an activating group) is 1. The molecule has 0 bridgehead atoms. The molecule has 0 fully saturated rings. The molecular weight excluding hydrogens is 286 g/mol. The molecule has 17 heavy (non-hydrogen) atoms. The molecule has 0 saturated carbocycles. The summed E-state index contributed by atoms with van der Waals surface area (Å²) in [5, 5.41) is 18.2. The van der Waals surface area contributed by atoms with Crippen molar-refractivity contribution in [2.45, 2.75) is 12.5 Å². The maximum Gasteiger partial charge on any atom is 0.133 e. The lowest BCUT2D eigenvalue weighted by Gasteiger charge is -2.28. The number of rotatable bonds is 6. The topological polar surface area (TPSA) is 52.9 Å². The molecule has 1 aromatic carbocycles. The fraction of sp³-hybridized carbons (Fsp3) is 0.500. The molecule has 1 atom stereocenters. The number of hydrogen-bond donors (Lipinski definition) is 2. The summed E-state index contributed by atoms with van der Waals surface area (Å²) < 4.78 is 6.03. The average Bonchev–Trinajstić information content (AvgIpc) is 2.35. The number of hydrogen-bond acceptors (Lipinski definition) is 4. The monoisotopic (exact) mass is 303 g/mol. The molecule has 96 valence electrons. The Bertz CT molecular complexity index is 360. The van der Waals surface area contributed by atoms with E-state index in [-0.39, 0.29) is 19.3 Å². The van der Waals surface area contributed by atoms with Gasteiger partial charge in [-0.25, -0.2) is 0 Å². The van der Waals surface area contributed by atoms with Crippen molar-refractivity contribution < 1.29 is 14.9 Å². The van der Waals surface area contributed by atoms with E-state index in [9.17, 15) is 5.11 Å². The minimum Gasteiger partial charge on any atom is -0.496 e. The van der Waals surface area contributed by atoms with Gasteiger partial charge in [0.1, 0.15) is 5.75 Å². The average molecular weight is 304 g/mol. The van der Waals surface area contributed by atoms with Crippen LogP contribution in [0.1, 0.15) is 6.42 Å². The molecular formula is C12H18BrNO3. The van der Waals surface area contributed by atoms with Gasteiger partial charge in [-0.2, -0.15) is 0 Å². The summed E-state index contributed by atoms with van der Waals surface area (Å²) in [6.45, 7) is 0.0770. The van der Waals surface area contributed by atoms with Crippen LogP contribution >= 0.6 is 15.9 Å². The molecule has 1 aromatic rings. The first-order chi connectivity index (χ1) is 8.13. The molecule has 0 aromatic heterocycles. The first-order valence-corrected chi connectivity index (χ1v) is 6.21. The van der Waals surface area contributed by atoms with Crippen molar-refractivity contribution in [1.82, 2.24) is 0 Å². The number of aliphatic hydroxyl groups excluding tert-OH is 2. The van der Waals surface area contributed by atoms with Gasteiger partial charge in [-0.1, -0.05) is 0 Å². The highest BCUT2D eigenvalue weighted by atomic mass is 79.9. The highest BCUT2D eigenvalue weighted by Gasteiger charge is 2.14. The summed E-state index contributed by atoms with van der Waals surface area (Å²) >= 11 is 3.42. The number of nitrogens with zero attached hydrogens (tertiary/aromatic N) is 1. The third kappa shape index (κ3) is 3.59. The number of methoxy groups -OCH3 is 1. The molecule has 0 radical (unpaired) electrons. The largest absolute Gasteiger partial charge is 0.496 e. The molecule has 1 rings (SSSR count). The predicted molar refractivity (Wildman–Crippen MR) is 71.7 cm³/mol. The van der Waals surface area contributed by atoms with Gasteiger partial charge in [-0.3, -0.25) is 0 Å². The molecule has 0 amide bonds. The van der Waals surface area contributed by atoms with Gasteiger partial charge in [0.25, 0.3) is 0 Å². The summed E-state index contributed by atoms with van der Waals surface area (Å²) in [5.74, 6) is 0.768. The van der Waals surface area contributed by atoms with Crippen LogP contribution in [-0.2, 0) is 0 Å². The Labute approximate surface area is 110 Å². The number of halogens is 1. The summed E-state index contributed by atoms with van der Waals surface area (Å²) in [6.07, 6.45) is 0.538. The van der Waals surface area contributed by atoms with Crippen molar-refractivity contribution in [3.8, 4) is 5.75 Å². The molecule has 0 aliphatic carbocycles. The lowest BCUT2D eigenvalue weighted by molar-refractivity contribution is 0.218. The normalized spacial score (nSPS) is 12.3. The van der Waals surface area contributed by atoms with Crippen LogP contribution in [0, 0.1) is 0 Å². The van der Waals surface area contributed by atoms with Crippen LogP contribution in [0.15, 0.2) is 22.7 Å². The maximum atomic E-state index is 9.27. The zero-order valence-electron chi connectivity index (χ0n) is 10.1. The van der Waals surface area contributed by atoms with Crippen molar-refractivity contribution in [2.75, 3.05) is 32.3 Å². The Balaban J connectivity index is 2.87. The number of ether oxygens (including phenoxy) is 1. The Hall–Kier alpha value is -0.780. The van der Waals surface area contributed by atoms with Crippen molar-refractivity contribution in [3.63, 3.8) is 0 Å². The van der Waals surface area contributed by atoms with E-state index in [0.717, 1.165) is 15.9 Å². The third-order valence-corrected chi connectivity index (χ3v) is 3.38. The number of aliphatic hydroxyl groups is 2. The van der Waals surface area contributed by atoms with Gasteiger partial charge in [0, 0.05) is 19.3 Å². The summed E-state index contributed by atoms with van der Waals surface area (Å²) in [6, 6.07) is 5.63. The Morgan fingerprint density at radius 2 is 2.12 bits per heavy atom. The highest BCUT2D eigenvalue weighted by molar-refractivity contribution is 9.10. The first kappa shape index (κ1) is 14.3. The van der Waals surface area contributed by atoms with E-state index >= 15 is 0 Å². The lowest BCUT2D eigenvalue weighted by Crippen LogP contribution is -2.35. The quantitative estimate of drug-likeness (QED) is 0.839. The predicted octanol–water partition coefficient (Wildman–Crippen LogP) is 1.64. The smallest absolute Gasteiger partial charge is 0.133 e. The number of anilines is 1. The highest BCUT2D eigenvalue weighted by Crippen LogP contribution is 2.30. The SMILES string of the molecule is COc1ccc(N(C)C(CO)CCO)cc1Br. The van der Waals surface area contributed by atoms with Gasteiger partial charge in [-0.05, 0) is 40.5 Å². The fourth-order valence-electron chi connectivity index (χ4n) is 1.64. The van der Waals surface area contributed by atoms with Gasteiger partial charge in [0.05, 0.1) is 24.2 Å². The van der Waals surface area contributed by atoms with Gasteiger partial charge < -0.3 is 19.8 Å². The second kappa shape index (κ2) is 6.83. The summed E-state index contributed by atoms with van der Waals surface area (Å²) in [5.41, 5.74) is 0.963. The van der Waals surface area contributed by atoms with E-state index in [0.29, 0.717) is 6.42 Å². The van der Waals surface area contributed by atoms with Gasteiger partial charge in [0.15, 0.2) is 0 Å². The zero-order valence-corrected chi connectivity index (χ0v) is 11.6. The Morgan fingerprint density at radius 1 is 1.41 bits per heavy atom. The second-order valence-corrected chi connectivity index (χ2v) is 4.63. The van der Waals surface area contributed by atoms with Crippen LogP contribution < -0.4 is 9.64 Å². The second-order valence-electron chi connectivity index (χ2n) is 3.78. The minimum atomic E-state index is -0.0831. The van der Waals surface area contributed by atoms with E-state index in [1.807, 2.05) is 30.1 Å². The van der Waals surface area contributed by atoms with Crippen molar-refractivity contribution >= 4 is 21.6 Å². The van der Waals surface area contributed by atoms with E-state index in [4.69, 9.17) is 9.84 Å². The van der Waals surface area contributed by atoms with Crippen molar-refractivity contribution in [2.24, 2.45) is 0 Å². The van der Waals surface area contributed by atoms with E-state index in [1.54, 1.807) is 7.11 Å². The van der Waals surface area contributed by atoms with Gasteiger partial charge >= 0.3 is 0 Å². The molecule has 1 unspecified atom stereocenters. The standard InChI is InChI=1S/C12H18BrNO3/c1-14(10(8-16)5-6-15)9-3-4-12(17-2)11(13)7-9/h3-4,7,10,15-16H,5-6,8H2,1-2H3.